The molecular formula is C10H14N4S2. The van der Waals surface area contributed by atoms with Crippen molar-refractivity contribution in [1.82, 2.24) is 19.9 Å². The molecule has 2 rings (SSSR count). The van der Waals surface area contributed by atoms with Crippen molar-refractivity contribution in [3.63, 3.8) is 0 Å². The molecule has 0 aromatic carbocycles. The van der Waals surface area contributed by atoms with E-state index in [1.54, 1.807) is 11.3 Å². The minimum atomic E-state index is 0.284. The number of hydrogen-bond donors (Lipinski definition) is 1. The Balaban J connectivity index is 2.09. The predicted octanol–water partition coefficient (Wildman–Crippen LogP) is 2.20. The first kappa shape index (κ1) is 11.6. The molecular weight excluding hydrogens is 240 g/mol. The highest BCUT2D eigenvalue weighted by atomic mass is 32.1. The van der Waals surface area contributed by atoms with Crippen molar-refractivity contribution in [2.75, 3.05) is 6.54 Å². The maximum Gasteiger partial charge on any atom is 0.0897 e. The van der Waals surface area contributed by atoms with Gasteiger partial charge < -0.3 is 5.32 Å². The third kappa shape index (κ3) is 2.84. The summed E-state index contributed by atoms with van der Waals surface area (Å²) in [6, 6.07) is 0.284. The lowest BCUT2D eigenvalue weighted by Gasteiger charge is -2.13. The predicted molar refractivity (Wildman–Crippen MR) is 66.9 cm³/mol. The number of aromatic nitrogens is 3. The van der Waals surface area contributed by atoms with E-state index in [-0.39, 0.29) is 6.04 Å². The van der Waals surface area contributed by atoms with Gasteiger partial charge in [0, 0.05) is 11.8 Å². The molecule has 1 unspecified atom stereocenters. The standard InChI is InChI=1S/C10H14N4S2/c1-3-11-9(10-5-12-14-16-10)4-8-6-15-7(2)13-8/h5-6,9,11H,3-4H2,1-2H3. The highest BCUT2D eigenvalue weighted by molar-refractivity contribution is 7.09. The van der Waals surface area contributed by atoms with Gasteiger partial charge in [-0.15, -0.1) is 16.4 Å². The minimum absolute atomic E-state index is 0.284. The summed E-state index contributed by atoms with van der Waals surface area (Å²) in [6.07, 6.45) is 2.74. The molecule has 86 valence electrons. The van der Waals surface area contributed by atoms with Gasteiger partial charge >= 0.3 is 0 Å². The monoisotopic (exact) mass is 254 g/mol. The highest BCUT2D eigenvalue weighted by Gasteiger charge is 2.14. The van der Waals surface area contributed by atoms with Crippen molar-refractivity contribution in [2.24, 2.45) is 0 Å². The summed E-state index contributed by atoms with van der Waals surface area (Å²) in [5.74, 6) is 0. The summed E-state index contributed by atoms with van der Waals surface area (Å²) < 4.78 is 3.91. The van der Waals surface area contributed by atoms with Crippen molar-refractivity contribution < 1.29 is 0 Å². The number of likely N-dealkylation sites (N-methyl/N-ethyl adjacent to an activating group) is 1. The molecule has 4 nitrogen and oxygen atoms in total. The fraction of sp³-hybridized carbons (Fsp3) is 0.500. The molecule has 2 aromatic rings. The SMILES string of the molecule is CCNC(Cc1csc(C)n1)c1cnns1. The molecule has 0 bridgehead atoms. The van der Waals surface area contributed by atoms with Crippen LogP contribution in [0.1, 0.15) is 28.5 Å². The van der Waals surface area contributed by atoms with Gasteiger partial charge in [0.25, 0.3) is 0 Å². The van der Waals surface area contributed by atoms with Crippen LogP contribution in [-0.2, 0) is 6.42 Å². The van der Waals surface area contributed by atoms with Crippen LogP contribution in [-0.4, -0.2) is 21.1 Å². The van der Waals surface area contributed by atoms with E-state index in [0.717, 1.165) is 23.7 Å². The number of rotatable bonds is 5. The third-order valence-corrected chi connectivity index (χ3v) is 3.85. The Bertz CT molecular complexity index is 424. The van der Waals surface area contributed by atoms with Crippen LogP contribution in [0.4, 0.5) is 0 Å². The molecule has 0 saturated carbocycles. The molecule has 0 radical (unpaired) electrons. The van der Waals surface area contributed by atoms with Gasteiger partial charge in [-0.25, -0.2) is 4.98 Å². The average molecular weight is 254 g/mol. The van der Waals surface area contributed by atoms with Crippen molar-refractivity contribution in [3.05, 3.63) is 27.2 Å². The molecule has 1 atom stereocenters. The number of nitrogens with zero attached hydrogens (tertiary/aromatic N) is 3. The lowest BCUT2D eigenvalue weighted by Crippen LogP contribution is -2.22. The van der Waals surface area contributed by atoms with Gasteiger partial charge in [-0.2, -0.15) is 0 Å². The second-order valence-electron chi connectivity index (χ2n) is 3.49. The average Bonchev–Trinajstić information content (AvgIpc) is 2.88. The second-order valence-corrected chi connectivity index (χ2v) is 5.37. The zero-order chi connectivity index (χ0) is 11.4. The van der Waals surface area contributed by atoms with Crippen LogP contribution in [0.25, 0.3) is 0 Å². The lowest BCUT2D eigenvalue weighted by atomic mass is 10.1. The zero-order valence-corrected chi connectivity index (χ0v) is 10.9. The molecule has 0 aliphatic carbocycles. The van der Waals surface area contributed by atoms with Crippen LogP contribution in [0.2, 0.25) is 0 Å². The highest BCUT2D eigenvalue weighted by Crippen LogP contribution is 2.21. The molecule has 2 heterocycles. The Morgan fingerprint density at radius 3 is 2.94 bits per heavy atom. The molecule has 0 aliphatic rings. The normalized spacial score (nSPS) is 12.9. The first-order chi connectivity index (χ1) is 7.79. The van der Waals surface area contributed by atoms with Gasteiger partial charge in [0.2, 0.25) is 0 Å². The van der Waals surface area contributed by atoms with E-state index >= 15 is 0 Å². The topological polar surface area (TPSA) is 50.7 Å². The van der Waals surface area contributed by atoms with E-state index < -0.39 is 0 Å². The van der Waals surface area contributed by atoms with Gasteiger partial charge in [0.1, 0.15) is 0 Å². The zero-order valence-electron chi connectivity index (χ0n) is 9.30. The Hall–Kier alpha value is -0.850. The first-order valence-corrected chi connectivity index (χ1v) is 6.86. The van der Waals surface area contributed by atoms with Crippen LogP contribution in [0, 0.1) is 6.92 Å². The molecule has 0 spiro atoms. The van der Waals surface area contributed by atoms with E-state index in [0.29, 0.717) is 0 Å². The maximum absolute atomic E-state index is 4.48. The van der Waals surface area contributed by atoms with E-state index in [2.05, 4.69) is 32.2 Å². The van der Waals surface area contributed by atoms with Crippen molar-refractivity contribution >= 4 is 22.9 Å². The summed E-state index contributed by atoms with van der Waals surface area (Å²) >= 11 is 3.14. The van der Waals surface area contributed by atoms with Gasteiger partial charge in [-0.05, 0) is 25.0 Å². The molecule has 2 aromatic heterocycles. The maximum atomic E-state index is 4.48. The van der Waals surface area contributed by atoms with E-state index in [9.17, 15) is 0 Å². The summed E-state index contributed by atoms with van der Waals surface area (Å²) in [4.78, 5) is 5.66. The van der Waals surface area contributed by atoms with Crippen molar-refractivity contribution in [1.29, 1.82) is 0 Å². The van der Waals surface area contributed by atoms with Crippen molar-refractivity contribution in [2.45, 2.75) is 26.3 Å². The van der Waals surface area contributed by atoms with Crippen LogP contribution in [0.15, 0.2) is 11.6 Å². The van der Waals surface area contributed by atoms with Crippen LogP contribution >= 0.6 is 22.9 Å². The van der Waals surface area contributed by atoms with Crippen LogP contribution < -0.4 is 5.32 Å². The smallest absolute Gasteiger partial charge is 0.0897 e. The molecule has 6 heteroatoms. The molecule has 1 N–H and O–H groups in total. The lowest BCUT2D eigenvalue weighted by molar-refractivity contribution is 0.552. The summed E-state index contributed by atoms with van der Waals surface area (Å²) in [5.41, 5.74) is 1.14. The number of thiazole rings is 1. The largest absolute Gasteiger partial charge is 0.309 e. The fourth-order valence-corrected chi connectivity index (χ4v) is 2.76. The first-order valence-electron chi connectivity index (χ1n) is 5.21. The van der Waals surface area contributed by atoms with Crippen molar-refractivity contribution in [3.8, 4) is 0 Å². The van der Waals surface area contributed by atoms with Gasteiger partial charge in [0.15, 0.2) is 0 Å². The Labute approximate surface area is 103 Å². The van der Waals surface area contributed by atoms with Crippen LogP contribution in [0.5, 0.6) is 0 Å². The van der Waals surface area contributed by atoms with Crippen LogP contribution in [0.3, 0.4) is 0 Å². The molecule has 16 heavy (non-hydrogen) atoms. The summed E-state index contributed by atoms with van der Waals surface area (Å²) in [5, 5.41) is 10.6. The van der Waals surface area contributed by atoms with Gasteiger partial charge in [-0.3, -0.25) is 0 Å². The second kappa shape index (κ2) is 5.47. The molecule has 0 fully saturated rings. The Kier molecular flexibility index (Phi) is 3.98. The third-order valence-electron chi connectivity index (χ3n) is 2.25. The van der Waals surface area contributed by atoms with Gasteiger partial charge in [0.05, 0.1) is 27.8 Å². The molecule has 0 amide bonds. The molecule has 0 saturated heterocycles. The van der Waals surface area contributed by atoms with E-state index in [1.165, 1.54) is 16.4 Å². The number of aryl methyl sites for hydroxylation is 1. The Morgan fingerprint density at radius 1 is 1.50 bits per heavy atom. The molecule has 0 aliphatic heterocycles. The van der Waals surface area contributed by atoms with E-state index in [4.69, 9.17) is 0 Å². The fourth-order valence-electron chi connectivity index (χ4n) is 1.56. The number of nitrogens with one attached hydrogen (secondary N) is 1. The summed E-state index contributed by atoms with van der Waals surface area (Å²) in [6.45, 7) is 5.07. The van der Waals surface area contributed by atoms with E-state index in [1.807, 2.05) is 13.1 Å². The number of hydrogen-bond acceptors (Lipinski definition) is 6. The minimum Gasteiger partial charge on any atom is -0.309 e. The Morgan fingerprint density at radius 2 is 2.38 bits per heavy atom. The summed E-state index contributed by atoms with van der Waals surface area (Å²) in [7, 11) is 0. The van der Waals surface area contributed by atoms with Gasteiger partial charge in [-0.1, -0.05) is 11.4 Å². The quantitative estimate of drug-likeness (QED) is 0.888.